The zero-order valence-electron chi connectivity index (χ0n) is 8.22. The Labute approximate surface area is 77.6 Å². The van der Waals surface area contributed by atoms with E-state index in [1.165, 1.54) is 0 Å². The van der Waals surface area contributed by atoms with Gasteiger partial charge in [0.15, 0.2) is 0 Å². The minimum absolute atomic E-state index is 0.110. The van der Waals surface area contributed by atoms with Crippen molar-refractivity contribution in [2.24, 2.45) is 11.3 Å². The third kappa shape index (κ3) is 1.58. The predicted molar refractivity (Wildman–Crippen MR) is 46.9 cm³/mol. The molecule has 0 radical (unpaired) electrons. The number of amides is 2. The van der Waals surface area contributed by atoms with Gasteiger partial charge in [-0.25, -0.2) is 0 Å². The van der Waals surface area contributed by atoms with Crippen LogP contribution in [0.1, 0.15) is 20.3 Å². The molecule has 0 bridgehead atoms. The van der Waals surface area contributed by atoms with Crippen LogP contribution in [0, 0.1) is 11.3 Å². The molecule has 1 aliphatic heterocycles. The maximum Gasteiger partial charge on any atom is 0.235 e. The van der Waals surface area contributed by atoms with E-state index in [9.17, 15) is 9.59 Å². The van der Waals surface area contributed by atoms with Crippen molar-refractivity contribution in [2.75, 3.05) is 13.7 Å². The Hall–Kier alpha value is -0.900. The quantitative estimate of drug-likeness (QED) is 0.644. The molecule has 0 spiro atoms. The molecule has 0 aromatic rings. The smallest absolute Gasteiger partial charge is 0.235 e. The molecule has 1 aliphatic rings. The van der Waals surface area contributed by atoms with E-state index in [0.717, 1.165) is 0 Å². The van der Waals surface area contributed by atoms with Gasteiger partial charge in [0.1, 0.15) is 0 Å². The molecular formula is C9H15NO3. The summed E-state index contributed by atoms with van der Waals surface area (Å²) < 4.78 is 5.00. The molecule has 1 N–H and O–H groups in total. The lowest BCUT2D eigenvalue weighted by Crippen LogP contribution is -2.39. The van der Waals surface area contributed by atoms with E-state index in [-0.39, 0.29) is 24.2 Å². The molecule has 4 nitrogen and oxygen atoms in total. The summed E-state index contributed by atoms with van der Waals surface area (Å²) in [7, 11) is 1.54. The summed E-state index contributed by atoms with van der Waals surface area (Å²) >= 11 is 0. The van der Waals surface area contributed by atoms with Gasteiger partial charge in [-0.3, -0.25) is 14.9 Å². The average Bonchev–Trinajstić information content (AvgIpc) is 2.28. The van der Waals surface area contributed by atoms with E-state index >= 15 is 0 Å². The van der Waals surface area contributed by atoms with Gasteiger partial charge < -0.3 is 4.74 Å². The van der Waals surface area contributed by atoms with E-state index in [2.05, 4.69) is 5.32 Å². The SMILES string of the molecule is COCC1(C(C)C)CC(=O)NC1=O. The first-order chi connectivity index (χ1) is 6.03. The van der Waals surface area contributed by atoms with Crippen molar-refractivity contribution in [2.45, 2.75) is 20.3 Å². The normalized spacial score (nSPS) is 28.3. The number of ether oxygens (including phenoxy) is 1. The molecule has 1 heterocycles. The van der Waals surface area contributed by atoms with Crippen LogP contribution in [0.3, 0.4) is 0 Å². The summed E-state index contributed by atoms with van der Waals surface area (Å²) in [6.45, 7) is 4.16. The van der Waals surface area contributed by atoms with Crippen LogP contribution in [-0.4, -0.2) is 25.5 Å². The van der Waals surface area contributed by atoms with Gasteiger partial charge in [0.2, 0.25) is 11.8 Å². The highest BCUT2D eigenvalue weighted by atomic mass is 16.5. The molecule has 4 heteroatoms. The van der Waals surface area contributed by atoms with Crippen LogP contribution >= 0.6 is 0 Å². The first kappa shape index (κ1) is 10.2. The lowest BCUT2D eigenvalue weighted by molar-refractivity contribution is -0.133. The van der Waals surface area contributed by atoms with Gasteiger partial charge in [0, 0.05) is 13.5 Å². The molecule has 13 heavy (non-hydrogen) atoms. The second kappa shape index (κ2) is 3.46. The molecule has 74 valence electrons. The molecule has 0 aromatic heterocycles. The number of carbonyl (C=O) groups excluding carboxylic acids is 2. The minimum Gasteiger partial charge on any atom is -0.384 e. The highest BCUT2D eigenvalue weighted by Crippen LogP contribution is 2.35. The van der Waals surface area contributed by atoms with Gasteiger partial charge in [-0.15, -0.1) is 0 Å². The molecule has 0 aromatic carbocycles. The molecule has 1 saturated heterocycles. The summed E-state index contributed by atoms with van der Waals surface area (Å²) in [4.78, 5) is 22.6. The first-order valence-corrected chi connectivity index (χ1v) is 4.36. The minimum atomic E-state index is -0.647. The van der Waals surface area contributed by atoms with Crippen LogP contribution in [0.4, 0.5) is 0 Å². The molecule has 1 unspecified atom stereocenters. The summed E-state index contributed by atoms with van der Waals surface area (Å²) in [6.07, 6.45) is 0.247. The Kier molecular flexibility index (Phi) is 2.71. The van der Waals surface area contributed by atoms with Crippen molar-refractivity contribution in [1.29, 1.82) is 0 Å². The largest absolute Gasteiger partial charge is 0.384 e. The monoisotopic (exact) mass is 185 g/mol. The Bertz CT molecular complexity index is 237. The molecular weight excluding hydrogens is 170 g/mol. The molecule has 2 amide bonds. The third-order valence-corrected chi connectivity index (χ3v) is 2.69. The van der Waals surface area contributed by atoms with E-state index in [1.807, 2.05) is 13.8 Å². The van der Waals surface area contributed by atoms with Crippen LogP contribution < -0.4 is 5.32 Å². The Balaban J connectivity index is 2.90. The number of nitrogens with one attached hydrogen (secondary N) is 1. The Morgan fingerprint density at radius 3 is 2.46 bits per heavy atom. The lowest BCUT2D eigenvalue weighted by atomic mass is 9.76. The van der Waals surface area contributed by atoms with Gasteiger partial charge in [-0.1, -0.05) is 13.8 Å². The number of methoxy groups -OCH3 is 1. The molecule has 1 rings (SSSR count). The number of rotatable bonds is 3. The first-order valence-electron chi connectivity index (χ1n) is 4.36. The van der Waals surface area contributed by atoms with E-state index in [1.54, 1.807) is 7.11 Å². The summed E-state index contributed by atoms with van der Waals surface area (Å²) in [5.74, 6) is -0.288. The van der Waals surface area contributed by atoms with Gasteiger partial charge in [0.25, 0.3) is 0 Å². The van der Waals surface area contributed by atoms with Crippen molar-refractivity contribution in [3.63, 3.8) is 0 Å². The topological polar surface area (TPSA) is 55.4 Å². The number of hydrogen-bond donors (Lipinski definition) is 1. The van der Waals surface area contributed by atoms with E-state index in [4.69, 9.17) is 4.74 Å². The zero-order chi connectivity index (χ0) is 10.1. The molecule has 1 atom stereocenters. The van der Waals surface area contributed by atoms with Crippen LogP contribution in [0.25, 0.3) is 0 Å². The fraction of sp³-hybridized carbons (Fsp3) is 0.778. The highest BCUT2D eigenvalue weighted by Gasteiger charge is 2.48. The third-order valence-electron chi connectivity index (χ3n) is 2.69. The van der Waals surface area contributed by atoms with Gasteiger partial charge in [0.05, 0.1) is 12.0 Å². The van der Waals surface area contributed by atoms with E-state index in [0.29, 0.717) is 6.61 Å². The van der Waals surface area contributed by atoms with E-state index < -0.39 is 5.41 Å². The zero-order valence-corrected chi connectivity index (χ0v) is 8.22. The summed E-state index contributed by atoms with van der Waals surface area (Å²) in [6, 6.07) is 0. The van der Waals surface area contributed by atoms with Gasteiger partial charge in [-0.2, -0.15) is 0 Å². The second-order valence-corrected chi connectivity index (χ2v) is 3.80. The second-order valence-electron chi connectivity index (χ2n) is 3.80. The fourth-order valence-electron chi connectivity index (χ4n) is 1.67. The molecule has 0 saturated carbocycles. The van der Waals surface area contributed by atoms with Gasteiger partial charge >= 0.3 is 0 Å². The van der Waals surface area contributed by atoms with Crippen molar-refractivity contribution in [1.82, 2.24) is 5.32 Å². The van der Waals surface area contributed by atoms with Crippen molar-refractivity contribution in [3.05, 3.63) is 0 Å². The standard InChI is InChI=1S/C9H15NO3/c1-6(2)9(5-13-3)4-7(11)10-8(9)12/h6H,4-5H2,1-3H3,(H,10,11,12). The fourth-order valence-corrected chi connectivity index (χ4v) is 1.67. The van der Waals surface area contributed by atoms with Crippen LogP contribution in [-0.2, 0) is 14.3 Å². The van der Waals surface area contributed by atoms with Crippen LogP contribution in [0.2, 0.25) is 0 Å². The summed E-state index contributed by atoms with van der Waals surface area (Å²) in [5.41, 5.74) is -0.647. The summed E-state index contributed by atoms with van der Waals surface area (Å²) in [5, 5.41) is 2.32. The highest BCUT2D eigenvalue weighted by molar-refractivity contribution is 6.06. The molecule has 0 aliphatic carbocycles. The average molecular weight is 185 g/mol. The van der Waals surface area contributed by atoms with Gasteiger partial charge in [-0.05, 0) is 5.92 Å². The Morgan fingerprint density at radius 1 is 1.54 bits per heavy atom. The van der Waals surface area contributed by atoms with Crippen molar-refractivity contribution < 1.29 is 14.3 Å². The molecule has 1 fully saturated rings. The van der Waals surface area contributed by atoms with Crippen molar-refractivity contribution >= 4 is 11.8 Å². The van der Waals surface area contributed by atoms with Crippen LogP contribution in [0.15, 0.2) is 0 Å². The van der Waals surface area contributed by atoms with Crippen LogP contribution in [0.5, 0.6) is 0 Å². The number of carbonyl (C=O) groups is 2. The number of hydrogen-bond acceptors (Lipinski definition) is 3. The van der Waals surface area contributed by atoms with Crippen molar-refractivity contribution in [3.8, 4) is 0 Å². The Morgan fingerprint density at radius 2 is 2.15 bits per heavy atom. The lowest BCUT2D eigenvalue weighted by Gasteiger charge is -2.28. The predicted octanol–water partition coefficient (Wildman–Crippen LogP) is 0.322. The number of imide groups is 1. The maximum absolute atomic E-state index is 11.5. The maximum atomic E-state index is 11.5.